The molecule has 5 nitrogen and oxygen atoms in total. The lowest BCUT2D eigenvalue weighted by Crippen LogP contribution is -2.34. The number of carbonyl (C=O) groups excluding carboxylic acids is 1. The summed E-state index contributed by atoms with van der Waals surface area (Å²) in [4.78, 5) is 26.9. The number of nitrogens with zero attached hydrogens (tertiary/aromatic N) is 3. The van der Waals surface area contributed by atoms with Gasteiger partial charge in [0.1, 0.15) is 10.7 Å². The summed E-state index contributed by atoms with van der Waals surface area (Å²) in [5.41, 5.74) is 1.88. The molecule has 1 saturated heterocycles. The third-order valence-corrected chi connectivity index (χ3v) is 5.62. The Bertz CT molecular complexity index is 1030. The average molecular weight is 353 g/mol. The molecule has 1 aromatic carbocycles. The molecule has 3 rings (SSSR count). The van der Waals surface area contributed by atoms with Gasteiger partial charge in [-0.2, -0.15) is 5.26 Å². The van der Waals surface area contributed by atoms with Crippen molar-refractivity contribution in [2.45, 2.75) is 19.8 Å². The van der Waals surface area contributed by atoms with Gasteiger partial charge in [0.25, 0.3) is 11.5 Å². The highest BCUT2D eigenvalue weighted by Crippen LogP contribution is 2.11. The van der Waals surface area contributed by atoms with Crippen LogP contribution >= 0.6 is 11.3 Å². The highest BCUT2D eigenvalue weighted by molar-refractivity contribution is 7.07. The number of rotatable bonds is 2. The van der Waals surface area contributed by atoms with Crippen LogP contribution in [0.4, 0.5) is 0 Å². The molecule has 0 atom stereocenters. The summed E-state index contributed by atoms with van der Waals surface area (Å²) in [5, 5.41) is 9.52. The Morgan fingerprint density at radius 2 is 1.96 bits per heavy atom. The number of nitriles is 1. The van der Waals surface area contributed by atoms with Crippen molar-refractivity contribution < 1.29 is 4.79 Å². The van der Waals surface area contributed by atoms with E-state index in [2.05, 4.69) is 0 Å². The van der Waals surface area contributed by atoms with Gasteiger partial charge < -0.3 is 9.47 Å². The Morgan fingerprint density at radius 1 is 1.28 bits per heavy atom. The summed E-state index contributed by atoms with van der Waals surface area (Å²) in [5.74, 6) is -0.278. The van der Waals surface area contributed by atoms with Crippen molar-refractivity contribution in [3.63, 3.8) is 0 Å². The lowest BCUT2D eigenvalue weighted by Gasteiger charge is -2.13. The van der Waals surface area contributed by atoms with Gasteiger partial charge in [0.2, 0.25) is 0 Å². The van der Waals surface area contributed by atoms with E-state index in [9.17, 15) is 14.9 Å². The standard InChI is InChI=1S/C19H19N3O2S/c1-13-7-3-4-8-14(13)11-16-18(24)21(2)19(25-16)15(12-20)17(23)22-9-5-6-10-22/h3-4,7-8,11H,5-6,9-10H2,1-2H3/b16-11-,19-15-. The first kappa shape index (κ1) is 17.2. The van der Waals surface area contributed by atoms with Gasteiger partial charge in [0.05, 0.1) is 4.53 Å². The molecule has 0 bridgehead atoms. The van der Waals surface area contributed by atoms with Crippen molar-refractivity contribution in [3.8, 4) is 6.07 Å². The molecule has 1 amide bonds. The van der Waals surface area contributed by atoms with Crippen LogP contribution in [0.25, 0.3) is 11.6 Å². The van der Waals surface area contributed by atoms with Crippen LogP contribution in [0.1, 0.15) is 24.0 Å². The van der Waals surface area contributed by atoms with Crippen LogP contribution in [0.15, 0.2) is 29.1 Å². The van der Waals surface area contributed by atoms with Crippen LogP contribution in [0.3, 0.4) is 0 Å². The highest BCUT2D eigenvalue weighted by Gasteiger charge is 2.23. The van der Waals surface area contributed by atoms with Gasteiger partial charge in [-0.05, 0) is 37.0 Å². The number of aryl methyl sites for hydroxylation is 1. The zero-order valence-electron chi connectivity index (χ0n) is 14.3. The molecular weight excluding hydrogens is 334 g/mol. The fourth-order valence-corrected chi connectivity index (χ4v) is 4.01. The van der Waals surface area contributed by atoms with Gasteiger partial charge in [0, 0.05) is 20.1 Å². The lowest BCUT2D eigenvalue weighted by molar-refractivity contribution is -0.123. The molecule has 0 N–H and O–H groups in total. The van der Waals surface area contributed by atoms with Crippen molar-refractivity contribution in [3.05, 3.63) is 54.9 Å². The summed E-state index contributed by atoms with van der Waals surface area (Å²) in [6, 6.07) is 9.80. The second-order valence-electron chi connectivity index (χ2n) is 6.12. The Kier molecular flexibility index (Phi) is 4.86. The minimum Gasteiger partial charge on any atom is -0.338 e. The van der Waals surface area contributed by atoms with E-state index in [1.807, 2.05) is 43.3 Å². The summed E-state index contributed by atoms with van der Waals surface area (Å²) in [7, 11) is 1.61. The summed E-state index contributed by atoms with van der Waals surface area (Å²) in [6.07, 6.45) is 3.74. The molecule has 2 heterocycles. The third-order valence-electron chi connectivity index (χ3n) is 4.43. The van der Waals surface area contributed by atoms with Crippen LogP contribution < -0.4 is 14.8 Å². The predicted octanol–water partition coefficient (Wildman–Crippen LogP) is 0.881. The molecule has 6 heteroatoms. The second-order valence-corrected chi connectivity index (χ2v) is 7.15. The first-order valence-electron chi connectivity index (χ1n) is 8.20. The van der Waals surface area contributed by atoms with Crippen molar-refractivity contribution in [2.24, 2.45) is 7.05 Å². The molecule has 1 aliphatic heterocycles. The van der Waals surface area contributed by atoms with Gasteiger partial charge in [-0.15, -0.1) is 11.3 Å². The maximum atomic E-state index is 12.6. The third kappa shape index (κ3) is 3.28. The van der Waals surface area contributed by atoms with E-state index in [0.29, 0.717) is 22.3 Å². The van der Waals surface area contributed by atoms with Crippen LogP contribution in [0, 0.1) is 18.3 Å². The maximum absolute atomic E-state index is 12.6. The fraction of sp³-hybridized carbons (Fsp3) is 0.316. The van der Waals surface area contributed by atoms with E-state index < -0.39 is 0 Å². The van der Waals surface area contributed by atoms with Crippen LogP contribution in [0.5, 0.6) is 0 Å². The fourth-order valence-electron chi connectivity index (χ4n) is 2.94. The number of benzene rings is 1. The zero-order valence-corrected chi connectivity index (χ0v) is 15.1. The topological polar surface area (TPSA) is 66.1 Å². The first-order valence-corrected chi connectivity index (χ1v) is 9.01. The van der Waals surface area contributed by atoms with E-state index in [1.54, 1.807) is 11.9 Å². The molecule has 0 radical (unpaired) electrons. The minimum atomic E-state index is -0.278. The molecule has 25 heavy (non-hydrogen) atoms. The summed E-state index contributed by atoms with van der Waals surface area (Å²) < 4.78 is 2.35. The number of amides is 1. The SMILES string of the molecule is Cc1ccccc1/C=c1\s/c(=C(/C#N)C(=O)N2CCCC2)n(C)c1=O. The first-order chi connectivity index (χ1) is 12.0. The van der Waals surface area contributed by atoms with Gasteiger partial charge in [0.15, 0.2) is 5.57 Å². The van der Waals surface area contributed by atoms with Crippen molar-refractivity contribution in [1.82, 2.24) is 9.47 Å². The van der Waals surface area contributed by atoms with E-state index in [1.165, 1.54) is 15.9 Å². The van der Waals surface area contributed by atoms with Crippen molar-refractivity contribution in [1.29, 1.82) is 5.26 Å². The minimum absolute atomic E-state index is 0.0518. The monoisotopic (exact) mass is 353 g/mol. The maximum Gasteiger partial charge on any atom is 0.268 e. The van der Waals surface area contributed by atoms with Crippen molar-refractivity contribution >= 4 is 28.9 Å². The normalized spacial score (nSPS) is 16.0. The van der Waals surface area contributed by atoms with Gasteiger partial charge in [-0.3, -0.25) is 9.59 Å². The number of hydrogen-bond donors (Lipinski definition) is 0. The van der Waals surface area contributed by atoms with Gasteiger partial charge in [-0.1, -0.05) is 24.3 Å². The van der Waals surface area contributed by atoms with Crippen LogP contribution in [-0.2, 0) is 11.8 Å². The lowest BCUT2D eigenvalue weighted by atomic mass is 10.1. The number of hydrogen-bond acceptors (Lipinski definition) is 4. The number of thiazole rings is 1. The van der Waals surface area contributed by atoms with E-state index >= 15 is 0 Å². The van der Waals surface area contributed by atoms with E-state index in [4.69, 9.17) is 0 Å². The average Bonchev–Trinajstić information content (AvgIpc) is 3.23. The summed E-state index contributed by atoms with van der Waals surface area (Å²) >= 11 is 1.20. The van der Waals surface area contributed by atoms with E-state index in [0.717, 1.165) is 24.0 Å². The molecule has 0 spiro atoms. The molecule has 0 saturated carbocycles. The number of carbonyl (C=O) groups is 1. The molecule has 128 valence electrons. The number of aromatic nitrogens is 1. The molecule has 0 unspecified atom stereocenters. The highest BCUT2D eigenvalue weighted by atomic mass is 32.1. The Balaban J connectivity index is 2.18. The van der Waals surface area contributed by atoms with Crippen LogP contribution in [0.2, 0.25) is 0 Å². The molecule has 1 fully saturated rings. The molecule has 0 aliphatic carbocycles. The predicted molar refractivity (Wildman–Crippen MR) is 98.4 cm³/mol. The van der Waals surface area contributed by atoms with Crippen molar-refractivity contribution in [2.75, 3.05) is 13.1 Å². The molecule has 1 aliphatic rings. The Labute approximate surface area is 149 Å². The Hall–Kier alpha value is -2.65. The molecular formula is C19H19N3O2S. The molecule has 1 aromatic heterocycles. The molecule has 2 aromatic rings. The van der Waals surface area contributed by atoms with Gasteiger partial charge >= 0.3 is 0 Å². The van der Waals surface area contributed by atoms with Crippen LogP contribution in [-0.4, -0.2) is 28.5 Å². The zero-order chi connectivity index (χ0) is 18.0. The summed E-state index contributed by atoms with van der Waals surface area (Å²) in [6.45, 7) is 3.33. The quantitative estimate of drug-likeness (QED) is 0.805. The van der Waals surface area contributed by atoms with Gasteiger partial charge in [-0.25, -0.2) is 0 Å². The number of likely N-dealkylation sites (tertiary alicyclic amines) is 1. The largest absolute Gasteiger partial charge is 0.338 e. The Morgan fingerprint density at radius 3 is 2.60 bits per heavy atom. The second kappa shape index (κ2) is 7.08. The smallest absolute Gasteiger partial charge is 0.268 e. The van der Waals surface area contributed by atoms with E-state index in [-0.39, 0.29) is 17.0 Å².